The molecule has 3 aromatic rings. The van der Waals surface area contributed by atoms with Crippen molar-refractivity contribution in [2.24, 2.45) is 0 Å². The first-order valence-electron chi connectivity index (χ1n) is 11.8. The number of β-amino-alcohol motifs (C(OH)–C–C–N with tert-alkyl or cyclic N) is 1. The third kappa shape index (κ3) is 4.35. The molecule has 2 N–H and O–H groups in total. The summed E-state index contributed by atoms with van der Waals surface area (Å²) >= 11 is 0. The topological polar surface area (TPSA) is 61.8 Å². The second kappa shape index (κ2) is 8.47. The Balaban J connectivity index is 1.36. The number of carbonyl (C=O) groups is 1. The molecule has 1 aliphatic carbocycles. The number of amides is 1. The highest BCUT2D eigenvalue weighted by atomic mass is 16.5. The van der Waals surface area contributed by atoms with E-state index in [-0.39, 0.29) is 23.6 Å². The van der Waals surface area contributed by atoms with Gasteiger partial charge in [0.2, 0.25) is 0 Å². The van der Waals surface area contributed by atoms with Crippen molar-refractivity contribution < 1.29 is 14.6 Å². The number of aryl methyl sites for hydroxylation is 2. The van der Waals surface area contributed by atoms with Crippen molar-refractivity contribution in [3.63, 3.8) is 0 Å². The van der Waals surface area contributed by atoms with Crippen molar-refractivity contribution >= 4 is 16.7 Å². The van der Waals surface area contributed by atoms with Crippen LogP contribution >= 0.6 is 0 Å². The highest BCUT2D eigenvalue weighted by molar-refractivity contribution is 5.97. The lowest BCUT2D eigenvalue weighted by atomic mass is 9.94. The van der Waals surface area contributed by atoms with E-state index in [1.165, 1.54) is 21.9 Å². The van der Waals surface area contributed by atoms with Gasteiger partial charge in [-0.3, -0.25) is 9.69 Å². The Morgan fingerprint density at radius 1 is 1.15 bits per heavy atom. The van der Waals surface area contributed by atoms with Gasteiger partial charge in [0.25, 0.3) is 5.91 Å². The summed E-state index contributed by atoms with van der Waals surface area (Å²) in [4.78, 5) is 15.5. The molecule has 0 unspecified atom stereocenters. The standard InChI is InChI=1S/C28H32N2O3/c1-18-12-20-6-4-5-7-24(20)26(13-18)28(10-11-28)29-27(32)25-15-23(9-8-19(25)2)33-17-21-14-22(31)16-30(21)3/h4-9,12-13,15,21-22,31H,10-11,14,16-17H2,1-3H3,(H,29,32)/t21-,22-/m1/s1. The van der Waals surface area contributed by atoms with Gasteiger partial charge in [-0.05, 0) is 74.2 Å². The molecular weight excluding hydrogens is 412 g/mol. The zero-order valence-electron chi connectivity index (χ0n) is 19.6. The van der Waals surface area contributed by atoms with E-state index in [2.05, 4.69) is 53.5 Å². The lowest BCUT2D eigenvalue weighted by Crippen LogP contribution is -2.35. The number of benzene rings is 3. The van der Waals surface area contributed by atoms with Gasteiger partial charge in [-0.2, -0.15) is 0 Å². The number of ether oxygens (including phenoxy) is 1. The number of hydrogen-bond acceptors (Lipinski definition) is 4. The molecule has 1 aliphatic heterocycles. The van der Waals surface area contributed by atoms with Crippen LogP contribution in [0, 0.1) is 13.8 Å². The molecule has 5 heteroatoms. The highest BCUT2D eigenvalue weighted by Crippen LogP contribution is 2.48. The molecule has 33 heavy (non-hydrogen) atoms. The molecule has 1 saturated heterocycles. The lowest BCUT2D eigenvalue weighted by molar-refractivity contribution is 0.0930. The van der Waals surface area contributed by atoms with E-state index in [1.54, 1.807) is 0 Å². The van der Waals surface area contributed by atoms with Crippen molar-refractivity contribution in [2.75, 3.05) is 20.2 Å². The summed E-state index contributed by atoms with van der Waals surface area (Å²) < 4.78 is 6.03. The molecule has 1 heterocycles. The zero-order chi connectivity index (χ0) is 23.2. The Labute approximate surface area is 195 Å². The third-order valence-corrected chi connectivity index (χ3v) is 7.19. The Hall–Kier alpha value is -2.89. The summed E-state index contributed by atoms with van der Waals surface area (Å²) in [6.45, 7) is 5.24. The number of aliphatic hydroxyl groups excluding tert-OH is 1. The van der Waals surface area contributed by atoms with Crippen LogP contribution in [0.4, 0.5) is 0 Å². The molecule has 5 nitrogen and oxygen atoms in total. The predicted octanol–water partition coefficient (Wildman–Crippen LogP) is 4.32. The number of aliphatic hydroxyl groups is 1. The van der Waals surface area contributed by atoms with Gasteiger partial charge in [0.1, 0.15) is 12.4 Å². The smallest absolute Gasteiger partial charge is 0.252 e. The molecule has 5 rings (SSSR count). The van der Waals surface area contributed by atoms with E-state index < -0.39 is 0 Å². The average molecular weight is 445 g/mol. The molecular formula is C28H32N2O3. The molecule has 2 aliphatic rings. The van der Waals surface area contributed by atoms with Gasteiger partial charge in [0.05, 0.1) is 11.6 Å². The number of nitrogens with one attached hydrogen (secondary N) is 1. The summed E-state index contributed by atoms with van der Waals surface area (Å²) in [5.41, 5.74) is 3.68. The quantitative estimate of drug-likeness (QED) is 0.595. The highest BCUT2D eigenvalue weighted by Gasteiger charge is 2.47. The number of hydrogen-bond donors (Lipinski definition) is 2. The molecule has 0 aromatic heterocycles. The van der Waals surface area contributed by atoms with Crippen LogP contribution in [0.25, 0.3) is 10.8 Å². The second-order valence-electron chi connectivity index (χ2n) is 9.84. The SMILES string of the molecule is Cc1cc(C2(NC(=O)c3cc(OC[C@H]4C[C@@H](O)CN4C)ccc3C)CC2)c2ccccc2c1. The minimum Gasteiger partial charge on any atom is -0.492 e. The number of nitrogens with zero attached hydrogens (tertiary/aromatic N) is 1. The van der Waals surface area contributed by atoms with E-state index >= 15 is 0 Å². The maximum Gasteiger partial charge on any atom is 0.252 e. The number of fused-ring (bicyclic) bond motifs is 1. The predicted molar refractivity (Wildman–Crippen MR) is 131 cm³/mol. The van der Waals surface area contributed by atoms with Gasteiger partial charge in [0, 0.05) is 18.2 Å². The lowest BCUT2D eigenvalue weighted by Gasteiger charge is -2.22. The van der Waals surface area contributed by atoms with E-state index in [4.69, 9.17) is 4.74 Å². The molecule has 0 radical (unpaired) electrons. The van der Waals surface area contributed by atoms with Crippen molar-refractivity contribution in [1.82, 2.24) is 10.2 Å². The second-order valence-corrected chi connectivity index (χ2v) is 9.84. The van der Waals surface area contributed by atoms with Gasteiger partial charge in [-0.25, -0.2) is 0 Å². The van der Waals surface area contributed by atoms with Crippen LogP contribution in [-0.2, 0) is 5.54 Å². The summed E-state index contributed by atoms with van der Waals surface area (Å²) in [7, 11) is 2.00. The maximum absolute atomic E-state index is 13.4. The minimum absolute atomic E-state index is 0.0607. The van der Waals surface area contributed by atoms with Crippen LogP contribution in [0.1, 0.15) is 46.3 Å². The van der Waals surface area contributed by atoms with E-state index in [1.807, 2.05) is 32.2 Å². The number of carbonyl (C=O) groups excluding carboxylic acids is 1. The molecule has 1 amide bonds. The van der Waals surface area contributed by atoms with Gasteiger partial charge >= 0.3 is 0 Å². The largest absolute Gasteiger partial charge is 0.492 e. The maximum atomic E-state index is 13.4. The fourth-order valence-electron chi connectivity index (χ4n) is 5.10. The van der Waals surface area contributed by atoms with Crippen LogP contribution in [0.15, 0.2) is 54.6 Å². The number of likely N-dealkylation sites (N-methyl/N-ethyl adjacent to an activating group) is 1. The molecule has 2 atom stereocenters. The zero-order valence-corrected chi connectivity index (χ0v) is 19.6. The van der Waals surface area contributed by atoms with E-state index in [0.29, 0.717) is 30.9 Å². The van der Waals surface area contributed by atoms with Crippen molar-refractivity contribution in [3.05, 3.63) is 76.9 Å². The van der Waals surface area contributed by atoms with Gasteiger partial charge in [-0.15, -0.1) is 0 Å². The van der Waals surface area contributed by atoms with Crippen LogP contribution < -0.4 is 10.1 Å². The van der Waals surface area contributed by atoms with Gasteiger partial charge < -0.3 is 15.2 Å². The van der Waals surface area contributed by atoms with Crippen LogP contribution in [0.3, 0.4) is 0 Å². The van der Waals surface area contributed by atoms with Crippen LogP contribution in [0.2, 0.25) is 0 Å². The summed E-state index contributed by atoms with van der Waals surface area (Å²) in [5, 5.41) is 15.6. The molecule has 0 bridgehead atoms. The third-order valence-electron chi connectivity index (χ3n) is 7.19. The average Bonchev–Trinajstić information content (AvgIpc) is 3.49. The number of rotatable bonds is 6. The van der Waals surface area contributed by atoms with Crippen molar-refractivity contribution in [1.29, 1.82) is 0 Å². The fraction of sp³-hybridized carbons (Fsp3) is 0.393. The molecule has 3 aromatic carbocycles. The Bertz CT molecular complexity index is 1200. The first-order valence-corrected chi connectivity index (χ1v) is 11.8. The molecule has 0 spiro atoms. The molecule has 172 valence electrons. The Kier molecular flexibility index (Phi) is 5.63. The Morgan fingerprint density at radius 2 is 1.94 bits per heavy atom. The Morgan fingerprint density at radius 3 is 2.67 bits per heavy atom. The van der Waals surface area contributed by atoms with Crippen LogP contribution in [0.5, 0.6) is 5.75 Å². The van der Waals surface area contributed by atoms with Crippen molar-refractivity contribution in [3.8, 4) is 5.75 Å². The first-order chi connectivity index (χ1) is 15.8. The van der Waals surface area contributed by atoms with E-state index in [0.717, 1.165) is 18.4 Å². The summed E-state index contributed by atoms with van der Waals surface area (Å²) in [6, 6.07) is 18.7. The number of likely N-dealkylation sites (tertiary alicyclic amines) is 1. The van der Waals surface area contributed by atoms with E-state index in [9.17, 15) is 9.90 Å². The minimum atomic E-state index is -0.311. The van der Waals surface area contributed by atoms with Gasteiger partial charge in [0.15, 0.2) is 0 Å². The monoisotopic (exact) mass is 444 g/mol. The summed E-state index contributed by atoms with van der Waals surface area (Å²) in [6.07, 6.45) is 2.30. The fourth-order valence-corrected chi connectivity index (χ4v) is 5.10. The molecule has 2 fully saturated rings. The van der Waals surface area contributed by atoms with Gasteiger partial charge in [-0.1, -0.05) is 48.0 Å². The summed E-state index contributed by atoms with van der Waals surface area (Å²) in [5.74, 6) is 0.626. The van der Waals surface area contributed by atoms with Crippen LogP contribution in [-0.4, -0.2) is 48.3 Å². The molecule has 1 saturated carbocycles. The first kappa shape index (κ1) is 21.9. The van der Waals surface area contributed by atoms with Crippen molar-refractivity contribution in [2.45, 2.75) is 50.8 Å². The normalized spacial score (nSPS) is 21.8.